The molecule has 20 heavy (non-hydrogen) atoms. The van der Waals surface area contributed by atoms with Gasteiger partial charge in [0.25, 0.3) is 0 Å². The molecular formula is C16H34O4. The van der Waals surface area contributed by atoms with E-state index in [0.29, 0.717) is 33.0 Å². The molecule has 0 aromatic heterocycles. The summed E-state index contributed by atoms with van der Waals surface area (Å²) in [5.41, 5.74) is -0.182. The van der Waals surface area contributed by atoms with Gasteiger partial charge < -0.3 is 18.9 Å². The maximum Gasteiger partial charge on any atom is 0.0707 e. The summed E-state index contributed by atoms with van der Waals surface area (Å²) >= 11 is 0. The van der Waals surface area contributed by atoms with Crippen molar-refractivity contribution < 1.29 is 18.9 Å². The van der Waals surface area contributed by atoms with Crippen LogP contribution in [0.2, 0.25) is 0 Å². The Bertz CT molecular complexity index is 228. The molecule has 0 spiro atoms. The molecule has 0 fully saturated rings. The van der Waals surface area contributed by atoms with Crippen molar-refractivity contribution in [2.75, 3.05) is 33.0 Å². The van der Waals surface area contributed by atoms with E-state index in [2.05, 4.69) is 27.7 Å². The number of rotatable bonds is 10. The van der Waals surface area contributed by atoms with Gasteiger partial charge in [0.2, 0.25) is 0 Å². The second-order valence-corrected chi connectivity index (χ2v) is 7.02. The van der Waals surface area contributed by atoms with Crippen LogP contribution in [0.3, 0.4) is 0 Å². The first-order valence-corrected chi connectivity index (χ1v) is 7.57. The molecule has 4 heteroatoms. The molecule has 0 saturated heterocycles. The molecule has 0 amide bonds. The van der Waals surface area contributed by atoms with E-state index in [1.165, 1.54) is 0 Å². The first-order chi connectivity index (χ1) is 9.10. The van der Waals surface area contributed by atoms with Crippen molar-refractivity contribution in [2.45, 2.75) is 72.2 Å². The second kappa shape index (κ2) is 9.72. The topological polar surface area (TPSA) is 36.9 Å². The third kappa shape index (κ3) is 15.9. The van der Waals surface area contributed by atoms with Gasteiger partial charge in [-0.25, -0.2) is 0 Å². The predicted molar refractivity (Wildman–Crippen MR) is 82.3 cm³/mol. The third-order valence-electron chi connectivity index (χ3n) is 2.36. The molecule has 1 unspecified atom stereocenters. The highest BCUT2D eigenvalue weighted by molar-refractivity contribution is 4.62. The summed E-state index contributed by atoms with van der Waals surface area (Å²) in [4.78, 5) is 0. The molecule has 4 nitrogen and oxygen atoms in total. The van der Waals surface area contributed by atoms with Crippen LogP contribution < -0.4 is 0 Å². The highest BCUT2D eigenvalue weighted by atomic mass is 16.6. The van der Waals surface area contributed by atoms with E-state index in [9.17, 15) is 0 Å². The second-order valence-electron chi connectivity index (χ2n) is 7.02. The summed E-state index contributed by atoms with van der Waals surface area (Å²) in [6, 6.07) is 0. The summed E-state index contributed by atoms with van der Waals surface area (Å²) in [5, 5.41) is 0. The van der Waals surface area contributed by atoms with E-state index < -0.39 is 0 Å². The van der Waals surface area contributed by atoms with Crippen LogP contribution in [-0.2, 0) is 18.9 Å². The molecule has 0 N–H and O–H groups in total. The predicted octanol–water partition coefficient (Wildman–Crippen LogP) is 3.43. The molecule has 122 valence electrons. The molecule has 0 aromatic carbocycles. The Balaban J connectivity index is 3.29. The summed E-state index contributed by atoms with van der Waals surface area (Å²) in [6.45, 7) is 17.6. The first kappa shape index (κ1) is 19.8. The third-order valence-corrected chi connectivity index (χ3v) is 2.36. The lowest BCUT2D eigenvalue weighted by molar-refractivity contribution is -0.0670. The molecule has 1 atom stereocenters. The Morgan fingerprint density at radius 3 is 1.70 bits per heavy atom. The molecule has 0 saturated carbocycles. The van der Waals surface area contributed by atoms with Gasteiger partial charge in [-0.05, 0) is 54.9 Å². The monoisotopic (exact) mass is 290 g/mol. The number of hydrogen-bond acceptors (Lipinski definition) is 4. The van der Waals surface area contributed by atoms with Gasteiger partial charge in [-0.2, -0.15) is 0 Å². The van der Waals surface area contributed by atoms with E-state index in [1.54, 1.807) is 0 Å². The summed E-state index contributed by atoms with van der Waals surface area (Å²) in [7, 11) is 0. The molecule has 0 aliphatic carbocycles. The fourth-order valence-corrected chi connectivity index (χ4v) is 1.64. The fourth-order valence-electron chi connectivity index (χ4n) is 1.64. The van der Waals surface area contributed by atoms with Crippen molar-refractivity contribution in [1.82, 2.24) is 0 Å². The van der Waals surface area contributed by atoms with E-state index in [4.69, 9.17) is 18.9 Å². The van der Waals surface area contributed by atoms with E-state index in [0.717, 1.165) is 6.42 Å². The maximum atomic E-state index is 5.80. The lowest BCUT2D eigenvalue weighted by atomic mass is 10.1. The Labute approximate surface area is 125 Å². The Kier molecular flexibility index (Phi) is 9.64. The van der Waals surface area contributed by atoms with E-state index >= 15 is 0 Å². The van der Waals surface area contributed by atoms with Crippen molar-refractivity contribution >= 4 is 0 Å². The van der Waals surface area contributed by atoms with Gasteiger partial charge in [0.15, 0.2) is 0 Å². The van der Waals surface area contributed by atoms with Gasteiger partial charge >= 0.3 is 0 Å². The van der Waals surface area contributed by atoms with Crippen LogP contribution in [0.1, 0.15) is 54.9 Å². The molecule has 0 aliphatic heterocycles. The zero-order valence-corrected chi connectivity index (χ0v) is 14.5. The van der Waals surface area contributed by atoms with Crippen LogP contribution in [0.4, 0.5) is 0 Å². The first-order valence-electron chi connectivity index (χ1n) is 7.57. The van der Waals surface area contributed by atoms with Crippen LogP contribution in [0.15, 0.2) is 0 Å². The van der Waals surface area contributed by atoms with E-state index in [1.807, 2.05) is 20.8 Å². The standard InChI is InChI=1S/C16H34O4/c1-14(20-16(5,6)7)8-9-17-10-11-18-12-13-19-15(2,3)4/h14H,8-13H2,1-7H3. The van der Waals surface area contributed by atoms with Gasteiger partial charge in [-0.3, -0.25) is 0 Å². The minimum Gasteiger partial charge on any atom is -0.379 e. The van der Waals surface area contributed by atoms with Crippen molar-refractivity contribution in [1.29, 1.82) is 0 Å². The highest BCUT2D eigenvalue weighted by Gasteiger charge is 2.14. The molecule has 0 rings (SSSR count). The molecule has 0 aromatic rings. The molecule has 0 aliphatic rings. The largest absolute Gasteiger partial charge is 0.379 e. The minimum atomic E-state index is -0.0942. The van der Waals surface area contributed by atoms with E-state index in [-0.39, 0.29) is 17.3 Å². The van der Waals surface area contributed by atoms with Crippen LogP contribution >= 0.6 is 0 Å². The Morgan fingerprint density at radius 1 is 0.700 bits per heavy atom. The van der Waals surface area contributed by atoms with Crippen LogP contribution in [0.25, 0.3) is 0 Å². The van der Waals surface area contributed by atoms with Crippen molar-refractivity contribution in [3.8, 4) is 0 Å². The Morgan fingerprint density at radius 2 is 1.20 bits per heavy atom. The highest BCUT2D eigenvalue weighted by Crippen LogP contribution is 2.12. The smallest absolute Gasteiger partial charge is 0.0707 e. The van der Waals surface area contributed by atoms with Crippen LogP contribution in [0.5, 0.6) is 0 Å². The minimum absolute atomic E-state index is 0.0877. The van der Waals surface area contributed by atoms with Crippen molar-refractivity contribution in [3.05, 3.63) is 0 Å². The number of ether oxygens (including phenoxy) is 4. The van der Waals surface area contributed by atoms with Gasteiger partial charge in [-0.1, -0.05) is 0 Å². The van der Waals surface area contributed by atoms with Crippen molar-refractivity contribution in [2.24, 2.45) is 0 Å². The summed E-state index contributed by atoms with van der Waals surface area (Å²) in [6.07, 6.45) is 1.13. The van der Waals surface area contributed by atoms with Crippen LogP contribution in [0, 0.1) is 0 Å². The molecule has 0 heterocycles. The quantitative estimate of drug-likeness (QED) is 0.578. The van der Waals surface area contributed by atoms with Crippen molar-refractivity contribution in [3.63, 3.8) is 0 Å². The van der Waals surface area contributed by atoms with Gasteiger partial charge in [0.1, 0.15) is 0 Å². The van der Waals surface area contributed by atoms with Gasteiger partial charge in [0, 0.05) is 6.61 Å². The van der Waals surface area contributed by atoms with Crippen LogP contribution in [-0.4, -0.2) is 50.3 Å². The molecule has 0 bridgehead atoms. The molecule has 0 radical (unpaired) electrons. The lowest BCUT2D eigenvalue weighted by Crippen LogP contribution is -2.26. The van der Waals surface area contributed by atoms with Gasteiger partial charge in [0.05, 0.1) is 43.7 Å². The summed E-state index contributed by atoms with van der Waals surface area (Å²) in [5.74, 6) is 0. The lowest BCUT2D eigenvalue weighted by Gasteiger charge is -2.25. The zero-order chi connectivity index (χ0) is 15.6. The Hall–Kier alpha value is -0.160. The molecular weight excluding hydrogens is 256 g/mol. The normalized spacial score (nSPS) is 14.6. The zero-order valence-electron chi connectivity index (χ0n) is 14.5. The average molecular weight is 290 g/mol. The van der Waals surface area contributed by atoms with Gasteiger partial charge in [-0.15, -0.1) is 0 Å². The summed E-state index contributed by atoms with van der Waals surface area (Å²) < 4.78 is 22.3. The number of hydrogen-bond donors (Lipinski definition) is 0. The fraction of sp³-hybridized carbons (Fsp3) is 1.00. The maximum absolute atomic E-state index is 5.80. The average Bonchev–Trinajstić information content (AvgIpc) is 2.22. The SMILES string of the molecule is CC(CCOCCOCCOC(C)(C)C)OC(C)(C)C.